The lowest BCUT2D eigenvalue weighted by atomic mass is 9.88. The van der Waals surface area contributed by atoms with Gasteiger partial charge in [0.2, 0.25) is 10.0 Å². The minimum atomic E-state index is -3.72. The summed E-state index contributed by atoms with van der Waals surface area (Å²) in [5, 5.41) is 0.455. The first kappa shape index (κ1) is 17.0. The molecule has 1 aliphatic rings. The van der Waals surface area contributed by atoms with E-state index in [0.717, 1.165) is 19.3 Å². The molecule has 0 spiro atoms. The van der Waals surface area contributed by atoms with Crippen molar-refractivity contribution in [1.29, 1.82) is 0 Å². The van der Waals surface area contributed by atoms with E-state index in [1.807, 2.05) is 0 Å². The van der Waals surface area contributed by atoms with Gasteiger partial charge in [0.1, 0.15) is 4.90 Å². The number of hydrogen-bond donors (Lipinski definition) is 2. The molecule has 0 saturated heterocycles. The topological polar surface area (TPSA) is 72.2 Å². The molecule has 0 aliphatic heterocycles. The Bertz CT molecular complexity index is 645. The van der Waals surface area contributed by atoms with Crippen molar-refractivity contribution in [2.24, 2.45) is 11.1 Å². The Morgan fingerprint density at radius 2 is 2.05 bits per heavy atom. The number of nitrogens with one attached hydrogen (secondary N) is 1. The van der Waals surface area contributed by atoms with Gasteiger partial charge in [0.25, 0.3) is 0 Å². The van der Waals surface area contributed by atoms with E-state index in [9.17, 15) is 8.42 Å². The summed E-state index contributed by atoms with van der Waals surface area (Å²) in [4.78, 5) is -0.000170. The fraction of sp³-hybridized carbons (Fsp3) is 0.571. The third-order valence-electron chi connectivity index (χ3n) is 4.14. The molecular formula is C14H20Cl2N2O2S. The van der Waals surface area contributed by atoms with E-state index in [0.29, 0.717) is 10.6 Å². The monoisotopic (exact) mass is 350 g/mol. The molecule has 0 aromatic heterocycles. The zero-order chi connectivity index (χ0) is 15.8. The van der Waals surface area contributed by atoms with Crippen molar-refractivity contribution in [2.45, 2.75) is 50.6 Å². The molecule has 1 atom stereocenters. The average molecular weight is 351 g/mol. The van der Waals surface area contributed by atoms with Crippen molar-refractivity contribution >= 4 is 33.2 Å². The molecule has 0 heterocycles. The molecule has 1 aliphatic carbocycles. The highest BCUT2D eigenvalue weighted by atomic mass is 35.5. The number of benzene rings is 1. The maximum atomic E-state index is 12.6. The predicted octanol–water partition coefficient (Wildman–Crippen LogP) is 3.31. The fourth-order valence-electron chi connectivity index (χ4n) is 2.76. The summed E-state index contributed by atoms with van der Waals surface area (Å²) in [6, 6.07) is 2.86. The van der Waals surface area contributed by atoms with E-state index in [2.05, 4.69) is 18.6 Å². The largest absolute Gasteiger partial charge is 0.326 e. The van der Waals surface area contributed by atoms with Crippen molar-refractivity contribution in [3.63, 3.8) is 0 Å². The van der Waals surface area contributed by atoms with Gasteiger partial charge in [-0.3, -0.25) is 0 Å². The van der Waals surface area contributed by atoms with Crippen LogP contribution in [0.15, 0.2) is 17.0 Å². The van der Waals surface area contributed by atoms with Crippen LogP contribution in [0, 0.1) is 5.41 Å². The van der Waals surface area contributed by atoms with Crippen molar-refractivity contribution < 1.29 is 8.42 Å². The van der Waals surface area contributed by atoms with Crippen LogP contribution in [0.2, 0.25) is 10.0 Å². The van der Waals surface area contributed by atoms with Crippen LogP contribution in [0.5, 0.6) is 0 Å². The first-order valence-corrected chi connectivity index (χ1v) is 9.11. The van der Waals surface area contributed by atoms with Gasteiger partial charge in [0, 0.05) is 17.6 Å². The molecule has 0 amide bonds. The Hall–Kier alpha value is -0.330. The molecule has 1 saturated carbocycles. The number of rotatable bonds is 4. The van der Waals surface area contributed by atoms with Crippen LogP contribution < -0.4 is 10.5 Å². The lowest BCUT2D eigenvalue weighted by Crippen LogP contribution is -2.41. The summed E-state index contributed by atoms with van der Waals surface area (Å²) in [6.07, 6.45) is 2.84. The lowest BCUT2D eigenvalue weighted by Gasteiger charge is -2.27. The Balaban J connectivity index is 2.38. The Labute approximate surface area is 136 Å². The molecule has 1 fully saturated rings. The maximum absolute atomic E-state index is 12.6. The lowest BCUT2D eigenvalue weighted by molar-refractivity contribution is 0.313. The normalized spacial score (nSPS) is 21.7. The smallest absolute Gasteiger partial charge is 0.242 e. The second-order valence-electron chi connectivity index (χ2n) is 6.14. The Kier molecular flexibility index (Phi) is 4.90. The summed E-state index contributed by atoms with van der Waals surface area (Å²) in [6.45, 7) is 4.27. The van der Waals surface area contributed by atoms with Gasteiger partial charge in [0.15, 0.2) is 0 Å². The van der Waals surface area contributed by atoms with E-state index in [4.69, 9.17) is 28.9 Å². The third kappa shape index (κ3) is 3.54. The molecular weight excluding hydrogens is 331 g/mol. The zero-order valence-corrected chi connectivity index (χ0v) is 14.4. The quantitative estimate of drug-likeness (QED) is 0.874. The molecule has 1 unspecified atom stereocenters. The van der Waals surface area contributed by atoms with Gasteiger partial charge in [-0.05, 0) is 36.0 Å². The third-order valence-corrected chi connectivity index (χ3v) is 6.42. The highest BCUT2D eigenvalue weighted by molar-refractivity contribution is 7.89. The number of nitrogens with two attached hydrogens (primary N) is 1. The van der Waals surface area contributed by atoms with Crippen LogP contribution in [0.4, 0.5) is 0 Å². The van der Waals surface area contributed by atoms with E-state index in [1.54, 1.807) is 6.07 Å². The van der Waals surface area contributed by atoms with Gasteiger partial charge in [-0.1, -0.05) is 43.5 Å². The standard InChI is InChI=1S/C14H20Cl2N2O2S/c1-14(2)5-3-4-12(14)18-21(19,20)11-7-10(15)6-9(8-17)13(11)16/h6-7,12,18H,3-5,8,17H2,1-2H3. The molecule has 1 aromatic rings. The van der Waals surface area contributed by atoms with Gasteiger partial charge in [-0.2, -0.15) is 0 Å². The number of sulfonamides is 1. The van der Waals surface area contributed by atoms with E-state index >= 15 is 0 Å². The molecule has 3 N–H and O–H groups in total. The molecule has 0 radical (unpaired) electrons. The SMILES string of the molecule is CC1(C)CCCC1NS(=O)(=O)c1cc(Cl)cc(CN)c1Cl. The van der Waals surface area contributed by atoms with Crippen molar-refractivity contribution in [1.82, 2.24) is 4.72 Å². The van der Waals surface area contributed by atoms with Crippen LogP contribution in [-0.2, 0) is 16.6 Å². The van der Waals surface area contributed by atoms with Crippen molar-refractivity contribution in [3.05, 3.63) is 27.7 Å². The van der Waals surface area contributed by atoms with Gasteiger partial charge < -0.3 is 5.73 Å². The summed E-state index contributed by atoms with van der Waals surface area (Å²) >= 11 is 12.1. The van der Waals surface area contributed by atoms with E-state index < -0.39 is 10.0 Å². The summed E-state index contributed by atoms with van der Waals surface area (Å²) < 4.78 is 28.0. The van der Waals surface area contributed by atoms with Gasteiger partial charge in [0.05, 0.1) is 5.02 Å². The van der Waals surface area contributed by atoms with Crippen molar-refractivity contribution in [2.75, 3.05) is 0 Å². The number of hydrogen-bond acceptors (Lipinski definition) is 3. The molecule has 7 heteroatoms. The van der Waals surface area contributed by atoms with Crippen LogP contribution >= 0.6 is 23.2 Å². The maximum Gasteiger partial charge on any atom is 0.242 e. The second-order valence-corrected chi connectivity index (χ2v) is 8.63. The van der Waals surface area contributed by atoms with Crippen molar-refractivity contribution in [3.8, 4) is 0 Å². The highest BCUT2D eigenvalue weighted by Crippen LogP contribution is 2.38. The average Bonchev–Trinajstić information content (AvgIpc) is 2.70. The second kappa shape index (κ2) is 6.05. The molecule has 1 aromatic carbocycles. The highest BCUT2D eigenvalue weighted by Gasteiger charge is 2.37. The van der Waals surface area contributed by atoms with Gasteiger partial charge >= 0.3 is 0 Å². The minimum Gasteiger partial charge on any atom is -0.326 e. The molecule has 0 bridgehead atoms. The van der Waals surface area contributed by atoms with Gasteiger partial charge in [-0.15, -0.1) is 0 Å². The van der Waals surface area contributed by atoms with Crippen LogP contribution in [-0.4, -0.2) is 14.5 Å². The van der Waals surface area contributed by atoms with Gasteiger partial charge in [-0.25, -0.2) is 13.1 Å². The minimum absolute atomic E-state index is 0.000170. The summed E-state index contributed by atoms with van der Waals surface area (Å²) in [5.41, 5.74) is 6.04. The molecule has 21 heavy (non-hydrogen) atoms. The molecule has 118 valence electrons. The number of halogens is 2. The summed E-state index contributed by atoms with van der Waals surface area (Å²) in [7, 11) is -3.72. The Morgan fingerprint density at radius 1 is 1.38 bits per heavy atom. The first-order chi connectivity index (χ1) is 9.67. The fourth-order valence-corrected chi connectivity index (χ4v) is 5.14. The van der Waals surface area contributed by atoms with Crippen LogP contribution in [0.1, 0.15) is 38.7 Å². The molecule has 2 rings (SSSR count). The first-order valence-electron chi connectivity index (χ1n) is 6.88. The Morgan fingerprint density at radius 3 is 2.57 bits per heavy atom. The van der Waals surface area contributed by atoms with E-state index in [-0.39, 0.29) is 27.9 Å². The molecule has 4 nitrogen and oxygen atoms in total. The van der Waals surface area contributed by atoms with Crippen LogP contribution in [0.25, 0.3) is 0 Å². The van der Waals surface area contributed by atoms with E-state index in [1.165, 1.54) is 6.07 Å². The van der Waals surface area contributed by atoms with Crippen LogP contribution in [0.3, 0.4) is 0 Å². The summed E-state index contributed by atoms with van der Waals surface area (Å²) in [5.74, 6) is 0. The zero-order valence-electron chi connectivity index (χ0n) is 12.1. The predicted molar refractivity (Wildman–Crippen MR) is 86.1 cm³/mol.